The normalized spacial score (nSPS) is 13.2. The summed E-state index contributed by atoms with van der Waals surface area (Å²) in [5.74, 6) is -0.0592. The molecule has 1 aliphatic rings. The molecule has 0 bridgehead atoms. The fourth-order valence-corrected chi connectivity index (χ4v) is 3.87. The van der Waals surface area contributed by atoms with E-state index < -0.39 is 5.97 Å². The molecule has 0 unspecified atom stereocenters. The molecule has 1 heterocycles. The standard InChI is InChI=1S/C26H29N3O5/c1-17(2)14-29-25(31)22-7-5-4-6-21(22)24(27-29)26(32)34-16-23(30)28(19-10-11-19)15-18-8-12-20(33-3)13-9-18/h4-9,12-13,17,19H,10-11,14-16H2,1-3H3. The van der Waals surface area contributed by atoms with Crippen LogP contribution in [0, 0.1) is 5.92 Å². The van der Waals surface area contributed by atoms with Gasteiger partial charge in [0.15, 0.2) is 12.3 Å². The van der Waals surface area contributed by atoms with E-state index in [0.717, 1.165) is 24.2 Å². The molecule has 1 aliphatic carbocycles. The van der Waals surface area contributed by atoms with Gasteiger partial charge in [0.05, 0.1) is 12.5 Å². The van der Waals surface area contributed by atoms with Crippen molar-refractivity contribution in [3.8, 4) is 5.75 Å². The van der Waals surface area contributed by atoms with Gasteiger partial charge in [0, 0.05) is 24.5 Å². The molecule has 0 radical (unpaired) electrons. The van der Waals surface area contributed by atoms with Gasteiger partial charge in [-0.1, -0.05) is 44.2 Å². The van der Waals surface area contributed by atoms with Crippen LogP contribution >= 0.6 is 0 Å². The zero-order valence-electron chi connectivity index (χ0n) is 19.7. The first kappa shape index (κ1) is 23.5. The molecular weight excluding hydrogens is 434 g/mol. The van der Waals surface area contributed by atoms with Crippen LogP contribution in [0.1, 0.15) is 42.7 Å². The number of carbonyl (C=O) groups excluding carboxylic acids is 2. The Morgan fingerprint density at radius 1 is 1.09 bits per heavy atom. The lowest BCUT2D eigenvalue weighted by Gasteiger charge is -2.22. The molecule has 0 N–H and O–H groups in total. The predicted molar refractivity (Wildman–Crippen MR) is 128 cm³/mol. The Labute approximate surface area is 198 Å². The van der Waals surface area contributed by atoms with Gasteiger partial charge in [-0.25, -0.2) is 9.48 Å². The van der Waals surface area contributed by atoms with E-state index in [2.05, 4.69) is 5.10 Å². The molecule has 8 nitrogen and oxygen atoms in total. The average molecular weight is 464 g/mol. The minimum absolute atomic E-state index is 0.0387. The summed E-state index contributed by atoms with van der Waals surface area (Å²) >= 11 is 0. The Morgan fingerprint density at radius 3 is 2.38 bits per heavy atom. The average Bonchev–Trinajstić information content (AvgIpc) is 3.68. The lowest BCUT2D eigenvalue weighted by Crippen LogP contribution is -2.36. The molecule has 1 amide bonds. The van der Waals surface area contributed by atoms with Crippen molar-refractivity contribution >= 4 is 22.6 Å². The first-order chi connectivity index (χ1) is 16.4. The van der Waals surface area contributed by atoms with Gasteiger partial charge < -0.3 is 14.4 Å². The topological polar surface area (TPSA) is 90.7 Å². The van der Waals surface area contributed by atoms with E-state index in [1.807, 2.05) is 38.1 Å². The first-order valence-corrected chi connectivity index (χ1v) is 11.5. The quantitative estimate of drug-likeness (QED) is 0.452. The number of nitrogens with zero attached hydrogens (tertiary/aromatic N) is 3. The van der Waals surface area contributed by atoms with Crippen molar-refractivity contribution in [2.24, 2.45) is 5.92 Å². The second-order valence-electron chi connectivity index (χ2n) is 8.95. The van der Waals surface area contributed by atoms with Crippen LogP contribution in [-0.2, 0) is 22.6 Å². The third kappa shape index (κ3) is 5.27. The van der Waals surface area contributed by atoms with Crippen LogP contribution in [0.2, 0.25) is 0 Å². The number of fused-ring (bicyclic) bond motifs is 1. The Morgan fingerprint density at radius 2 is 1.76 bits per heavy atom. The number of aromatic nitrogens is 2. The maximum atomic E-state index is 13.0. The fraction of sp³-hybridized carbons (Fsp3) is 0.385. The smallest absolute Gasteiger partial charge is 0.359 e. The molecule has 178 valence electrons. The number of ether oxygens (including phenoxy) is 2. The lowest BCUT2D eigenvalue weighted by molar-refractivity contribution is -0.135. The highest BCUT2D eigenvalue weighted by Gasteiger charge is 2.33. The second kappa shape index (κ2) is 10.1. The van der Waals surface area contributed by atoms with Gasteiger partial charge >= 0.3 is 5.97 Å². The number of rotatable bonds is 9. The molecule has 34 heavy (non-hydrogen) atoms. The van der Waals surface area contributed by atoms with Crippen molar-refractivity contribution in [3.05, 3.63) is 70.1 Å². The second-order valence-corrected chi connectivity index (χ2v) is 8.95. The number of benzene rings is 2. The number of esters is 1. The van der Waals surface area contributed by atoms with Crippen LogP contribution in [0.4, 0.5) is 0 Å². The number of hydrogen-bond acceptors (Lipinski definition) is 6. The summed E-state index contributed by atoms with van der Waals surface area (Å²) in [6.45, 7) is 4.36. The molecule has 2 aromatic carbocycles. The Hall–Kier alpha value is -3.68. The van der Waals surface area contributed by atoms with Gasteiger partial charge in [0.1, 0.15) is 5.75 Å². The minimum atomic E-state index is -0.720. The van der Waals surface area contributed by atoms with E-state index in [1.54, 1.807) is 36.3 Å². The van der Waals surface area contributed by atoms with Crippen LogP contribution in [-0.4, -0.2) is 46.3 Å². The maximum absolute atomic E-state index is 13.0. The number of methoxy groups -OCH3 is 1. The molecule has 1 aromatic heterocycles. The van der Waals surface area contributed by atoms with Crippen LogP contribution in [0.15, 0.2) is 53.3 Å². The Bertz CT molecular complexity index is 1250. The molecule has 8 heteroatoms. The predicted octanol–water partition coefficient (Wildman–Crippen LogP) is 3.41. The third-order valence-corrected chi connectivity index (χ3v) is 5.75. The maximum Gasteiger partial charge on any atom is 0.359 e. The van der Waals surface area contributed by atoms with Gasteiger partial charge in [0.2, 0.25) is 0 Å². The summed E-state index contributed by atoms with van der Waals surface area (Å²) in [5.41, 5.74) is 0.758. The first-order valence-electron chi connectivity index (χ1n) is 11.5. The van der Waals surface area contributed by atoms with Crippen LogP contribution in [0.3, 0.4) is 0 Å². The highest BCUT2D eigenvalue weighted by atomic mass is 16.5. The molecule has 1 saturated carbocycles. The van der Waals surface area contributed by atoms with Gasteiger partial charge in [0.25, 0.3) is 11.5 Å². The van der Waals surface area contributed by atoms with Gasteiger partial charge in [-0.15, -0.1) is 0 Å². The Balaban J connectivity index is 1.50. The molecule has 4 rings (SSSR count). The number of amides is 1. The van der Waals surface area contributed by atoms with Gasteiger partial charge in [-0.05, 0) is 42.5 Å². The number of carbonyl (C=O) groups is 2. The number of hydrogen-bond donors (Lipinski definition) is 0. The molecule has 1 fully saturated rings. The van der Waals surface area contributed by atoms with E-state index in [0.29, 0.717) is 23.9 Å². The summed E-state index contributed by atoms with van der Waals surface area (Å²) < 4.78 is 11.9. The minimum Gasteiger partial charge on any atom is -0.497 e. The molecule has 3 aromatic rings. The zero-order valence-corrected chi connectivity index (χ0v) is 19.7. The van der Waals surface area contributed by atoms with Crippen molar-refractivity contribution < 1.29 is 19.1 Å². The van der Waals surface area contributed by atoms with Crippen molar-refractivity contribution in [2.45, 2.75) is 45.8 Å². The van der Waals surface area contributed by atoms with Crippen LogP contribution in [0.25, 0.3) is 10.8 Å². The molecular formula is C26H29N3O5. The van der Waals surface area contributed by atoms with Crippen LogP contribution in [0.5, 0.6) is 5.75 Å². The fourth-order valence-electron chi connectivity index (χ4n) is 3.87. The Kier molecular flexibility index (Phi) is 6.95. The van der Waals surface area contributed by atoms with E-state index in [9.17, 15) is 14.4 Å². The summed E-state index contributed by atoms with van der Waals surface area (Å²) in [4.78, 5) is 40.5. The summed E-state index contributed by atoms with van der Waals surface area (Å²) in [6, 6.07) is 14.5. The monoisotopic (exact) mass is 463 g/mol. The molecule has 0 atom stereocenters. The van der Waals surface area contributed by atoms with Crippen molar-refractivity contribution in [1.29, 1.82) is 0 Å². The van der Waals surface area contributed by atoms with E-state index in [4.69, 9.17) is 9.47 Å². The van der Waals surface area contributed by atoms with Crippen molar-refractivity contribution in [1.82, 2.24) is 14.7 Å². The SMILES string of the molecule is COc1ccc(CN(C(=O)COC(=O)c2nn(CC(C)C)c(=O)c3ccccc23)C2CC2)cc1. The summed E-state index contributed by atoms with van der Waals surface area (Å²) in [7, 11) is 1.61. The lowest BCUT2D eigenvalue weighted by atomic mass is 10.1. The summed E-state index contributed by atoms with van der Waals surface area (Å²) in [5, 5.41) is 5.11. The van der Waals surface area contributed by atoms with E-state index in [-0.39, 0.29) is 35.7 Å². The molecule has 0 saturated heterocycles. The largest absolute Gasteiger partial charge is 0.497 e. The van der Waals surface area contributed by atoms with Gasteiger partial charge in [-0.2, -0.15) is 5.10 Å². The molecule has 0 aliphatic heterocycles. The highest BCUT2D eigenvalue weighted by Crippen LogP contribution is 2.29. The van der Waals surface area contributed by atoms with Gasteiger partial charge in [-0.3, -0.25) is 9.59 Å². The zero-order chi connectivity index (χ0) is 24.2. The van der Waals surface area contributed by atoms with E-state index >= 15 is 0 Å². The summed E-state index contributed by atoms with van der Waals surface area (Å²) in [6.07, 6.45) is 1.87. The highest BCUT2D eigenvalue weighted by molar-refractivity contribution is 6.02. The van der Waals surface area contributed by atoms with Crippen molar-refractivity contribution in [2.75, 3.05) is 13.7 Å². The van der Waals surface area contributed by atoms with Crippen LogP contribution < -0.4 is 10.3 Å². The third-order valence-electron chi connectivity index (χ3n) is 5.75. The van der Waals surface area contributed by atoms with Crippen molar-refractivity contribution in [3.63, 3.8) is 0 Å². The molecule has 0 spiro atoms. The van der Waals surface area contributed by atoms with E-state index in [1.165, 1.54) is 4.68 Å².